The summed E-state index contributed by atoms with van der Waals surface area (Å²) < 4.78 is 89.3. The average molecular weight is 750 g/mol. The van der Waals surface area contributed by atoms with Gasteiger partial charge in [-0.05, 0) is 97.8 Å². The van der Waals surface area contributed by atoms with Gasteiger partial charge in [0.2, 0.25) is 0 Å². The summed E-state index contributed by atoms with van der Waals surface area (Å²) in [4.78, 5) is 0. The van der Waals surface area contributed by atoms with Crippen LogP contribution in [0.3, 0.4) is 0 Å². The summed E-state index contributed by atoms with van der Waals surface area (Å²) in [6.45, 7) is 4.01. The van der Waals surface area contributed by atoms with Crippen LogP contribution in [0.25, 0.3) is 77.2 Å². The molecule has 0 aliphatic rings. The molecule has 7 aromatic carbocycles. The molecule has 2 heterocycles. The fourth-order valence-electron chi connectivity index (χ4n) is 8.03. The number of para-hydroxylation sites is 2. The number of hydrogen-bond donors (Lipinski definition) is 0. The minimum atomic E-state index is -5.08. The molecule has 0 spiro atoms. The Kier molecular flexibility index (Phi) is 7.89. The molecule has 0 saturated heterocycles. The number of benzene rings is 7. The molecule has 0 atom stereocenters. The minimum absolute atomic E-state index is 0.0770. The molecule has 0 bridgehead atoms. The van der Waals surface area contributed by atoms with Gasteiger partial charge in [0.25, 0.3) is 0 Å². The molecule has 0 N–H and O–H groups in total. The Bertz CT molecular complexity index is 3100. The van der Waals surface area contributed by atoms with E-state index < -0.39 is 29.0 Å². The van der Waals surface area contributed by atoms with Crippen LogP contribution in [-0.4, -0.2) is 9.13 Å². The van der Waals surface area contributed by atoms with Gasteiger partial charge in [-0.25, -0.2) is 0 Å². The van der Waals surface area contributed by atoms with E-state index in [4.69, 9.17) is 0 Å². The van der Waals surface area contributed by atoms with Gasteiger partial charge in [0.05, 0.1) is 56.2 Å². The van der Waals surface area contributed by atoms with Gasteiger partial charge in [0.15, 0.2) is 0 Å². The van der Waals surface area contributed by atoms with Crippen LogP contribution in [0, 0.1) is 25.2 Å². The van der Waals surface area contributed by atoms with Gasteiger partial charge >= 0.3 is 12.4 Å². The van der Waals surface area contributed by atoms with E-state index in [2.05, 4.69) is 34.9 Å². The molecule has 0 unspecified atom stereocenters. The number of hydrogen-bond acceptors (Lipinski definition) is 1. The van der Waals surface area contributed by atoms with Crippen LogP contribution < -0.4 is 0 Å². The third-order valence-corrected chi connectivity index (χ3v) is 10.5. The summed E-state index contributed by atoms with van der Waals surface area (Å²) in [5, 5.41) is 14.1. The van der Waals surface area contributed by atoms with E-state index in [-0.39, 0.29) is 11.6 Å². The van der Waals surface area contributed by atoms with Crippen LogP contribution in [0.15, 0.2) is 140 Å². The molecule has 3 nitrogen and oxygen atoms in total. The van der Waals surface area contributed by atoms with E-state index in [1.54, 1.807) is 24.3 Å². The molecular weight excluding hydrogens is 721 g/mol. The Morgan fingerprint density at radius 3 is 1.59 bits per heavy atom. The second kappa shape index (κ2) is 12.6. The van der Waals surface area contributed by atoms with Crippen molar-refractivity contribution in [2.24, 2.45) is 0 Å². The Labute approximate surface area is 316 Å². The SMILES string of the molecule is Cc1ccc2c(c1)c1ccccc1n2-c1ccc(C#N)cc1-c1ccc(-c2ccc(C(F)(F)F)cc2C(F)(F)F)cc1-n1c2ccccc2c2cc(C)ccc21. The number of alkyl halides is 6. The van der Waals surface area contributed by atoms with Gasteiger partial charge in [-0.3, -0.25) is 0 Å². The lowest BCUT2D eigenvalue weighted by Gasteiger charge is -2.21. The first-order chi connectivity index (χ1) is 26.8. The molecule has 274 valence electrons. The number of nitrogens with zero attached hydrogens (tertiary/aromatic N) is 3. The van der Waals surface area contributed by atoms with E-state index in [1.165, 1.54) is 6.07 Å². The van der Waals surface area contributed by atoms with Crippen molar-refractivity contribution in [3.8, 4) is 39.7 Å². The summed E-state index contributed by atoms with van der Waals surface area (Å²) in [6.07, 6.45) is -10.1. The minimum Gasteiger partial charge on any atom is -0.309 e. The third-order valence-electron chi connectivity index (χ3n) is 10.5. The van der Waals surface area contributed by atoms with Crippen LogP contribution in [0.1, 0.15) is 27.8 Å². The number of rotatable bonds is 4. The number of aromatic nitrogens is 2. The lowest BCUT2D eigenvalue weighted by Crippen LogP contribution is -2.12. The average Bonchev–Trinajstić information content (AvgIpc) is 3.68. The number of halogens is 6. The molecule has 9 aromatic rings. The fraction of sp³-hybridized carbons (Fsp3) is 0.0851. The van der Waals surface area contributed by atoms with E-state index in [0.29, 0.717) is 28.4 Å². The topological polar surface area (TPSA) is 33.6 Å². The van der Waals surface area contributed by atoms with Crippen molar-refractivity contribution in [2.75, 3.05) is 0 Å². The maximum atomic E-state index is 14.6. The highest BCUT2D eigenvalue weighted by molar-refractivity contribution is 6.12. The van der Waals surface area contributed by atoms with Gasteiger partial charge in [0, 0.05) is 32.7 Å². The molecule has 2 aromatic heterocycles. The van der Waals surface area contributed by atoms with Crippen molar-refractivity contribution in [1.82, 2.24) is 9.13 Å². The van der Waals surface area contributed by atoms with Gasteiger partial charge in [-0.2, -0.15) is 31.6 Å². The lowest BCUT2D eigenvalue weighted by molar-refractivity contribution is -0.142. The second-order valence-electron chi connectivity index (χ2n) is 14.1. The summed E-state index contributed by atoms with van der Waals surface area (Å²) in [7, 11) is 0. The molecule has 0 aliphatic carbocycles. The molecular formula is C47H29F6N3. The maximum Gasteiger partial charge on any atom is 0.417 e. The standard InChI is InChI=1S/C47H29F6N3/c1-27-11-18-42-36(21-27)33-7-3-5-9-40(33)55(42)44-20-13-29(26-54)23-38(44)35-16-14-30(32-17-15-31(46(48,49)50)25-39(32)47(51,52)53)24-45(35)56-41-10-6-4-8-34(41)37-22-28(2)12-19-43(37)56/h3-25H,1-2H3. The number of nitriles is 1. The van der Waals surface area contributed by atoms with Gasteiger partial charge in [-0.1, -0.05) is 77.9 Å². The first-order valence-electron chi connectivity index (χ1n) is 17.8. The van der Waals surface area contributed by atoms with Crippen molar-refractivity contribution in [3.63, 3.8) is 0 Å². The van der Waals surface area contributed by atoms with Crippen molar-refractivity contribution in [3.05, 3.63) is 167 Å². The predicted octanol–water partition coefficient (Wildman–Crippen LogP) is 13.7. The summed E-state index contributed by atoms with van der Waals surface area (Å²) in [5.41, 5.74) is 5.23. The van der Waals surface area contributed by atoms with Crippen molar-refractivity contribution < 1.29 is 26.3 Å². The third kappa shape index (κ3) is 5.60. The smallest absolute Gasteiger partial charge is 0.309 e. The lowest BCUT2D eigenvalue weighted by atomic mass is 9.92. The normalized spacial score (nSPS) is 12.3. The number of aryl methyl sites for hydroxylation is 2. The monoisotopic (exact) mass is 749 g/mol. The summed E-state index contributed by atoms with van der Waals surface area (Å²) in [5.74, 6) is 0. The van der Waals surface area contributed by atoms with Crippen molar-refractivity contribution >= 4 is 43.6 Å². The van der Waals surface area contributed by atoms with Crippen LogP contribution in [-0.2, 0) is 12.4 Å². The maximum absolute atomic E-state index is 14.6. The van der Waals surface area contributed by atoms with Gasteiger partial charge in [0.1, 0.15) is 0 Å². The zero-order valence-electron chi connectivity index (χ0n) is 29.9. The predicted molar refractivity (Wildman–Crippen MR) is 210 cm³/mol. The van der Waals surface area contributed by atoms with E-state index >= 15 is 0 Å². The van der Waals surface area contributed by atoms with Crippen LogP contribution in [0.4, 0.5) is 26.3 Å². The quantitative estimate of drug-likeness (QED) is 0.165. The van der Waals surface area contributed by atoms with Crippen molar-refractivity contribution in [1.29, 1.82) is 5.26 Å². The fourth-order valence-corrected chi connectivity index (χ4v) is 8.03. The molecule has 9 rings (SSSR count). The van der Waals surface area contributed by atoms with E-state index in [0.717, 1.165) is 66.5 Å². The summed E-state index contributed by atoms with van der Waals surface area (Å²) >= 11 is 0. The van der Waals surface area contributed by atoms with Crippen LogP contribution in [0.5, 0.6) is 0 Å². The van der Waals surface area contributed by atoms with Gasteiger partial charge < -0.3 is 9.13 Å². The Morgan fingerprint density at radius 1 is 0.464 bits per heavy atom. The van der Waals surface area contributed by atoms with Crippen LogP contribution >= 0.6 is 0 Å². The molecule has 9 heteroatoms. The zero-order valence-corrected chi connectivity index (χ0v) is 29.9. The van der Waals surface area contributed by atoms with E-state index in [1.807, 2.05) is 85.1 Å². The Hall–Kier alpha value is -6.79. The largest absolute Gasteiger partial charge is 0.417 e. The molecule has 0 amide bonds. The first kappa shape index (κ1) is 34.9. The molecule has 0 radical (unpaired) electrons. The van der Waals surface area contributed by atoms with Crippen LogP contribution in [0.2, 0.25) is 0 Å². The van der Waals surface area contributed by atoms with Gasteiger partial charge in [-0.15, -0.1) is 0 Å². The second-order valence-corrected chi connectivity index (χ2v) is 14.1. The van der Waals surface area contributed by atoms with E-state index in [9.17, 15) is 31.6 Å². The number of fused-ring (bicyclic) bond motifs is 6. The molecule has 0 saturated carbocycles. The highest BCUT2D eigenvalue weighted by atomic mass is 19.4. The Morgan fingerprint density at radius 2 is 1.02 bits per heavy atom. The zero-order chi connectivity index (χ0) is 39.1. The Balaban J connectivity index is 1.41. The summed E-state index contributed by atoms with van der Waals surface area (Å²) in [6, 6.07) is 42.1. The first-order valence-corrected chi connectivity index (χ1v) is 17.8. The highest BCUT2D eigenvalue weighted by Crippen LogP contribution is 2.45. The van der Waals surface area contributed by atoms with Crippen molar-refractivity contribution in [2.45, 2.75) is 26.2 Å². The molecule has 0 aliphatic heterocycles. The molecule has 56 heavy (non-hydrogen) atoms. The molecule has 0 fully saturated rings. The highest BCUT2D eigenvalue weighted by Gasteiger charge is 2.38.